The Morgan fingerprint density at radius 3 is 2.44 bits per heavy atom. The number of nitrogens with two attached hydrogens (primary N) is 2. The van der Waals surface area contributed by atoms with Crippen molar-refractivity contribution in [1.29, 1.82) is 0 Å². The monoisotopic (exact) mass is 485 g/mol. The predicted molar refractivity (Wildman–Crippen MR) is 140 cm³/mol. The largest absolute Gasteiger partial charge is 0.419 e. The number of rotatable bonds is 9. The fourth-order valence-corrected chi connectivity index (χ4v) is 4.01. The number of methoxy groups -OCH3 is 1. The molecule has 0 aliphatic heterocycles. The smallest absolute Gasteiger partial charge is 0.253 e. The van der Waals surface area contributed by atoms with Crippen molar-refractivity contribution in [3.8, 4) is 22.6 Å². The van der Waals surface area contributed by atoms with Crippen LogP contribution in [0.3, 0.4) is 0 Å². The maximum atomic E-state index is 13.2. The highest BCUT2D eigenvalue weighted by Gasteiger charge is 2.29. The van der Waals surface area contributed by atoms with Gasteiger partial charge in [0, 0.05) is 43.1 Å². The first-order valence-electron chi connectivity index (χ1n) is 11.7. The van der Waals surface area contributed by atoms with Gasteiger partial charge in [-0.25, -0.2) is 0 Å². The van der Waals surface area contributed by atoms with Crippen LogP contribution in [0.1, 0.15) is 28.7 Å². The summed E-state index contributed by atoms with van der Waals surface area (Å²) in [5.74, 6) is 0.438. The molecule has 4 rings (SSSR count). The van der Waals surface area contributed by atoms with Crippen molar-refractivity contribution in [2.24, 2.45) is 5.73 Å². The number of nitrogen functional groups attached to an aromatic ring is 1. The van der Waals surface area contributed by atoms with Crippen LogP contribution in [0, 0.1) is 0 Å². The molecule has 36 heavy (non-hydrogen) atoms. The third kappa shape index (κ3) is 5.62. The Hall–Kier alpha value is -4.01. The summed E-state index contributed by atoms with van der Waals surface area (Å²) in [6, 6.07) is 22.9. The Bertz CT molecular complexity index is 1330. The van der Waals surface area contributed by atoms with Crippen LogP contribution in [0.25, 0.3) is 22.6 Å². The molecule has 4 N–H and O–H groups in total. The van der Waals surface area contributed by atoms with Crippen LogP contribution in [-0.2, 0) is 16.7 Å². The second kappa shape index (κ2) is 10.7. The zero-order valence-electron chi connectivity index (χ0n) is 20.8. The van der Waals surface area contributed by atoms with Crippen LogP contribution in [0.5, 0.6) is 0 Å². The van der Waals surface area contributed by atoms with E-state index in [9.17, 15) is 4.79 Å². The van der Waals surface area contributed by atoms with Gasteiger partial charge >= 0.3 is 0 Å². The molecule has 1 aromatic heterocycles. The van der Waals surface area contributed by atoms with Crippen LogP contribution in [0.4, 0.5) is 5.69 Å². The van der Waals surface area contributed by atoms with E-state index in [-0.39, 0.29) is 11.8 Å². The minimum Gasteiger partial charge on any atom is -0.419 e. The van der Waals surface area contributed by atoms with E-state index >= 15 is 0 Å². The van der Waals surface area contributed by atoms with Crippen LogP contribution in [0.15, 0.2) is 77.2 Å². The van der Waals surface area contributed by atoms with E-state index < -0.39 is 5.54 Å². The van der Waals surface area contributed by atoms with Crippen LogP contribution in [0.2, 0.25) is 0 Å². The lowest BCUT2D eigenvalue weighted by Gasteiger charge is -2.20. The Morgan fingerprint density at radius 2 is 1.72 bits per heavy atom. The number of amides is 1. The molecule has 1 heterocycles. The Labute approximate surface area is 210 Å². The van der Waals surface area contributed by atoms with Crippen molar-refractivity contribution in [2.75, 3.05) is 33.0 Å². The average molecular weight is 486 g/mol. The van der Waals surface area contributed by atoms with E-state index in [1.54, 1.807) is 25.1 Å². The van der Waals surface area contributed by atoms with Gasteiger partial charge in [-0.1, -0.05) is 48.5 Å². The Kier molecular flexibility index (Phi) is 7.47. The molecule has 0 unspecified atom stereocenters. The summed E-state index contributed by atoms with van der Waals surface area (Å²) in [6.45, 7) is 2.75. The van der Waals surface area contributed by atoms with E-state index in [1.807, 2.05) is 73.7 Å². The minimum atomic E-state index is -0.868. The quantitative estimate of drug-likeness (QED) is 0.342. The molecule has 1 atom stereocenters. The zero-order valence-corrected chi connectivity index (χ0v) is 20.8. The van der Waals surface area contributed by atoms with Crippen molar-refractivity contribution >= 4 is 11.6 Å². The van der Waals surface area contributed by atoms with E-state index in [2.05, 4.69) is 10.2 Å². The molecule has 0 saturated heterocycles. The molecule has 0 radical (unpaired) electrons. The normalized spacial score (nSPS) is 12.8. The van der Waals surface area contributed by atoms with Crippen molar-refractivity contribution in [1.82, 2.24) is 15.1 Å². The van der Waals surface area contributed by atoms with Gasteiger partial charge in [0.2, 0.25) is 11.8 Å². The van der Waals surface area contributed by atoms with Crippen LogP contribution in [-0.4, -0.2) is 48.3 Å². The third-order valence-corrected chi connectivity index (χ3v) is 6.00. The number of hydrogen-bond acceptors (Lipinski definition) is 7. The lowest BCUT2D eigenvalue weighted by molar-refractivity contribution is 0.0744. The molecule has 3 aromatic carbocycles. The number of hydrogen-bond donors (Lipinski definition) is 2. The van der Waals surface area contributed by atoms with Gasteiger partial charge in [-0.15, -0.1) is 10.2 Å². The van der Waals surface area contributed by atoms with Gasteiger partial charge in [0.25, 0.3) is 5.91 Å². The third-order valence-electron chi connectivity index (χ3n) is 6.00. The number of nitrogens with zero attached hydrogens (tertiary/aromatic N) is 3. The first-order chi connectivity index (χ1) is 17.3. The van der Waals surface area contributed by atoms with Gasteiger partial charge in [0.1, 0.15) is 0 Å². The Morgan fingerprint density at radius 1 is 1.03 bits per heavy atom. The molecule has 0 aliphatic rings. The van der Waals surface area contributed by atoms with Gasteiger partial charge in [0.15, 0.2) is 0 Å². The molecule has 0 spiro atoms. The summed E-state index contributed by atoms with van der Waals surface area (Å²) in [6.07, 6.45) is 0.532. The van der Waals surface area contributed by atoms with E-state index in [0.717, 1.165) is 16.7 Å². The second-order valence-corrected chi connectivity index (χ2v) is 9.10. The van der Waals surface area contributed by atoms with Crippen molar-refractivity contribution in [3.63, 3.8) is 0 Å². The summed E-state index contributed by atoms with van der Waals surface area (Å²) >= 11 is 0. The zero-order chi connectivity index (χ0) is 25.7. The van der Waals surface area contributed by atoms with E-state index in [1.165, 1.54) is 0 Å². The van der Waals surface area contributed by atoms with Gasteiger partial charge in [-0.05, 0) is 48.7 Å². The number of carbonyl (C=O) groups excluding carboxylic acids is 1. The number of benzene rings is 3. The van der Waals surface area contributed by atoms with Crippen LogP contribution >= 0.6 is 0 Å². The lowest BCUT2D eigenvalue weighted by Crippen LogP contribution is -2.35. The van der Waals surface area contributed by atoms with E-state index in [4.69, 9.17) is 20.6 Å². The minimum absolute atomic E-state index is 0.155. The summed E-state index contributed by atoms with van der Waals surface area (Å²) in [5.41, 5.74) is 16.3. The molecule has 0 saturated carbocycles. The number of anilines is 1. The number of carbonyl (C=O) groups is 1. The molecule has 186 valence electrons. The summed E-state index contributed by atoms with van der Waals surface area (Å²) in [5, 5.41) is 8.53. The highest BCUT2D eigenvalue weighted by atomic mass is 16.5. The first kappa shape index (κ1) is 25.1. The first-order valence-corrected chi connectivity index (χ1v) is 11.7. The second-order valence-electron chi connectivity index (χ2n) is 9.10. The van der Waals surface area contributed by atoms with Crippen molar-refractivity contribution < 1.29 is 13.9 Å². The summed E-state index contributed by atoms with van der Waals surface area (Å²) in [7, 11) is 3.34. The number of aromatic nitrogens is 2. The Balaban J connectivity index is 1.73. The summed E-state index contributed by atoms with van der Waals surface area (Å²) < 4.78 is 11.2. The van der Waals surface area contributed by atoms with Gasteiger partial charge < -0.3 is 25.5 Å². The molecule has 0 aliphatic carbocycles. The SMILES string of the molecule is COCCN(C)C(=O)c1cc(-c2nnc([C@](C)(N)Cc3ccccc3)o2)cc(-c2ccccc2N)c1. The van der Waals surface area contributed by atoms with Gasteiger partial charge in [-0.3, -0.25) is 4.79 Å². The number of ether oxygens (including phenoxy) is 1. The molecule has 0 bridgehead atoms. The summed E-state index contributed by atoms with van der Waals surface area (Å²) in [4.78, 5) is 14.8. The molecule has 1 amide bonds. The molecule has 0 fully saturated rings. The maximum absolute atomic E-state index is 13.2. The van der Waals surface area contributed by atoms with Crippen molar-refractivity contribution in [2.45, 2.75) is 18.9 Å². The maximum Gasteiger partial charge on any atom is 0.253 e. The topological polar surface area (TPSA) is 120 Å². The number of para-hydroxylation sites is 1. The predicted octanol–water partition coefficient (Wildman–Crippen LogP) is 4.12. The molecule has 8 nitrogen and oxygen atoms in total. The lowest BCUT2D eigenvalue weighted by atomic mass is 9.94. The highest BCUT2D eigenvalue weighted by molar-refractivity contribution is 5.97. The fourth-order valence-electron chi connectivity index (χ4n) is 4.01. The van der Waals surface area contributed by atoms with Gasteiger partial charge in [-0.2, -0.15) is 0 Å². The fraction of sp³-hybridized carbons (Fsp3) is 0.250. The molecule has 4 aromatic rings. The average Bonchev–Trinajstić information content (AvgIpc) is 3.39. The molecule has 8 heteroatoms. The number of likely N-dealkylation sites (N-methyl/N-ethyl adjacent to an activating group) is 1. The molecular formula is C28H31N5O3. The standard InChI is InChI=1S/C28H31N5O3/c1-28(30,18-19-9-5-4-6-10-19)27-32-31-25(36-27)21-15-20(23-11-7-8-12-24(23)29)16-22(17-21)26(34)33(2)13-14-35-3/h4-12,15-17H,13-14,18,29-30H2,1-3H3/t28-/m1/s1. The van der Waals surface area contributed by atoms with E-state index in [0.29, 0.717) is 42.3 Å². The van der Waals surface area contributed by atoms with Crippen molar-refractivity contribution in [3.05, 3.63) is 89.8 Å². The molecular weight excluding hydrogens is 454 g/mol. The van der Waals surface area contributed by atoms with Crippen LogP contribution < -0.4 is 11.5 Å². The highest BCUT2D eigenvalue weighted by Crippen LogP contribution is 2.32. The van der Waals surface area contributed by atoms with Gasteiger partial charge in [0.05, 0.1) is 12.1 Å².